The van der Waals surface area contributed by atoms with Crippen LogP contribution in [-0.2, 0) is 0 Å². The van der Waals surface area contributed by atoms with Gasteiger partial charge in [0, 0.05) is 56.1 Å². The summed E-state index contributed by atoms with van der Waals surface area (Å²) in [5.41, 5.74) is 1.69. The van der Waals surface area contributed by atoms with Crippen LogP contribution in [0.15, 0.2) is 54.7 Å². The molecule has 3 aromatic rings. The van der Waals surface area contributed by atoms with E-state index in [1.165, 1.54) is 30.3 Å². The lowest BCUT2D eigenvalue weighted by Gasteiger charge is -2.36. The lowest BCUT2D eigenvalue weighted by molar-refractivity contribution is -0.384. The van der Waals surface area contributed by atoms with Crippen LogP contribution in [0.1, 0.15) is 10.4 Å². The highest BCUT2D eigenvalue weighted by molar-refractivity contribution is 5.97. The Morgan fingerprint density at radius 3 is 2.23 bits per heavy atom. The number of amides is 1. The maximum Gasteiger partial charge on any atom is 0.278 e. The number of non-ortho nitro benzene ring substituents is 2. The Labute approximate surface area is 170 Å². The van der Waals surface area contributed by atoms with Crippen LogP contribution in [0.4, 0.5) is 17.1 Å². The van der Waals surface area contributed by atoms with E-state index in [0.29, 0.717) is 42.6 Å². The summed E-state index contributed by atoms with van der Waals surface area (Å²) in [7, 11) is 0. The highest BCUT2D eigenvalue weighted by atomic mass is 16.6. The van der Waals surface area contributed by atoms with Crippen molar-refractivity contribution in [2.45, 2.75) is 0 Å². The van der Waals surface area contributed by atoms with Gasteiger partial charge in [-0.05, 0) is 30.3 Å². The highest BCUT2D eigenvalue weighted by Crippen LogP contribution is 2.32. The van der Waals surface area contributed by atoms with E-state index >= 15 is 0 Å². The smallest absolute Gasteiger partial charge is 0.278 e. The second kappa shape index (κ2) is 7.74. The van der Waals surface area contributed by atoms with Gasteiger partial charge in [-0.25, -0.2) is 0 Å². The number of nitro groups is 2. The van der Waals surface area contributed by atoms with Crippen molar-refractivity contribution >= 4 is 33.9 Å². The molecule has 1 aliphatic heterocycles. The van der Waals surface area contributed by atoms with Crippen molar-refractivity contribution in [3.63, 3.8) is 0 Å². The van der Waals surface area contributed by atoms with Gasteiger partial charge in [0.05, 0.1) is 20.9 Å². The van der Waals surface area contributed by atoms with Crippen LogP contribution in [0.25, 0.3) is 10.9 Å². The maximum absolute atomic E-state index is 12.7. The SMILES string of the molecule is O=C(c1ccc([N+](=O)[O-])cc1)N1CCN(c2ccc([N+](=O)[O-])c3cccnc23)CC1. The fourth-order valence-corrected chi connectivity index (χ4v) is 3.62. The third-order valence-electron chi connectivity index (χ3n) is 5.15. The Kier molecular flexibility index (Phi) is 4.97. The molecule has 0 atom stereocenters. The zero-order valence-electron chi connectivity index (χ0n) is 15.8. The summed E-state index contributed by atoms with van der Waals surface area (Å²) in [6.45, 7) is 2.01. The third kappa shape index (κ3) is 3.50. The van der Waals surface area contributed by atoms with Gasteiger partial charge in [-0.3, -0.25) is 30.0 Å². The molecule has 0 radical (unpaired) electrons. The fraction of sp³-hybridized carbons (Fsp3) is 0.200. The third-order valence-corrected chi connectivity index (χ3v) is 5.15. The van der Waals surface area contributed by atoms with Gasteiger partial charge in [0.25, 0.3) is 17.3 Å². The zero-order chi connectivity index (χ0) is 21.3. The normalized spacial score (nSPS) is 14.0. The molecular formula is C20H17N5O5. The standard InChI is InChI=1S/C20H17N5O5/c26-20(14-3-5-15(6-4-14)24(27)28)23-12-10-22(11-13-23)18-8-7-17(25(29)30)16-2-1-9-21-19(16)18/h1-9H,10-13H2. The van der Waals surface area contributed by atoms with Crippen LogP contribution in [0.3, 0.4) is 0 Å². The first-order valence-corrected chi connectivity index (χ1v) is 9.26. The lowest BCUT2D eigenvalue weighted by atomic mass is 10.1. The van der Waals surface area contributed by atoms with E-state index in [1.807, 2.05) is 0 Å². The molecule has 1 fully saturated rings. The Morgan fingerprint density at radius 2 is 1.60 bits per heavy atom. The first-order valence-electron chi connectivity index (χ1n) is 9.26. The molecular weight excluding hydrogens is 390 g/mol. The second-order valence-corrected chi connectivity index (χ2v) is 6.84. The number of carbonyl (C=O) groups is 1. The summed E-state index contributed by atoms with van der Waals surface area (Å²) < 4.78 is 0. The molecule has 1 aliphatic rings. The largest absolute Gasteiger partial charge is 0.366 e. The van der Waals surface area contributed by atoms with Crippen molar-refractivity contribution in [3.05, 3.63) is 80.5 Å². The van der Waals surface area contributed by atoms with Gasteiger partial charge in [0.2, 0.25) is 0 Å². The van der Waals surface area contributed by atoms with Gasteiger partial charge in [-0.15, -0.1) is 0 Å². The number of hydrogen-bond acceptors (Lipinski definition) is 7. The van der Waals surface area contributed by atoms with Crippen LogP contribution in [0.2, 0.25) is 0 Å². The number of fused-ring (bicyclic) bond motifs is 1. The summed E-state index contributed by atoms with van der Waals surface area (Å²) in [5, 5.41) is 22.5. The first-order chi connectivity index (χ1) is 14.5. The molecule has 0 N–H and O–H groups in total. The molecule has 0 aliphatic carbocycles. The van der Waals surface area contributed by atoms with Gasteiger partial charge in [-0.2, -0.15) is 0 Å². The minimum absolute atomic E-state index is 0.00818. The highest BCUT2D eigenvalue weighted by Gasteiger charge is 2.25. The Morgan fingerprint density at radius 1 is 0.900 bits per heavy atom. The zero-order valence-corrected chi connectivity index (χ0v) is 15.8. The molecule has 10 heteroatoms. The molecule has 30 heavy (non-hydrogen) atoms. The fourth-order valence-electron chi connectivity index (χ4n) is 3.62. The lowest BCUT2D eigenvalue weighted by Crippen LogP contribution is -2.48. The molecule has 0 unspecified atom stereocenters. The average molecular weight is 407 g/mol. The molecule has 0 saturated carbocycles. The molecule has 0 bridgehead atoms. The van der Waals surface area contributed by atoms with Crippen molar-refractivity contribution < 1.29 is 14.6 Å². The molecule has 152 valence electrons. The predicted molar refractivity (Wildman–Crippen MR) is 110 cm³/mol. The van der Waals surface area contributed by atoms with E-state index < -0.39 is 9.85 Å². The average Bonchev–Trinajstić information content (AvgIpc) is 2.78. The number of benzene rings is 2. The van der Waals surface area contributed by atoms with E-state index in [0.717, 1.165) is 5.69 Å². The van der Waals surface area contributed by atoms with Crippen LogP contribution in [0, 0.1) is 20.2 Å². The van der Waals surface area contributed by atoms with Crippen molar-refractivity contribution in [1.82, 2.24) is 9.88 Å². The number of piperazine rings is 1. The van der Waals surface area contributed by atoms with Gasteiger partial charge in [-0.1, -0.05) is 0 Å². The number of nitro benzene ring substituents is 2. The Bertz CT molecular complexity index is 1140. The van der Waals surface area contributed by atoms with Gasteiger partial charge >= 0.3 is 0 Å². The molecule has 2 aromatic carbocycles. The van der Waals surface area contributed by atoms with Crippen LogP contribution in [-0.4, -0.2) is 51.8 Å². The van der Waals surface area contributed by atoms with Gasteiger partial charge in [0.1, 0.15) is 5.52 Å². The number of aromatic nitrogens is 1. The number of nitrogens with zero attached hydrogens (tertiary/aromatic N) is 5. The molecule has 10 nitrogen and oxygen atoms in total. The number of pyridine rings is 1. The van der Waals surface area contributed by atoms with Crippen molar-refractivity contribution in [3.8, 4) is 0 Å². The number of anilines is 1. The summed E-state index contributed by atoms with van der Waals surface area (Å²) in [5.74, 6) is -0.184. The summed E-state index contributed by atoms with van der Waals surface area (Å²) in [6.07, 6.45) is 1.60. The topological polar surface area (TPSA) is 123 Å². The molecule has 0 spiro atoms. The summed E-state index contributed by atoms with van der Waals surface area (Å²) >= 11 is 0. The summed E-state index contributed by atoms with van der Waals surface area (Å²) in [4.78, 5) is 41.9. The van der Waals surface area contributed by atoms with E-state index in [1.54, 1.807) is 29.3 Å². The first kappa shape index (κ1) is 19.2. The molecule has 1 aromatic heterocycles. The number of hydrogen-bond donors (Lipinski definition) is 0. The maximum atomic E-state index is 12.7. The van der Waals surface area contributed by atoms with Gasteiger partial charge in [0.15, 0.2) is 0 Å². The monoisotopic (exact) mass is 407 g/mol. The van der Waals surface area contributed by atoms with Crippen molar-refractivity contribution in [2.24, 2.45) is 0 Å². The van der Waals surface area contributed by atoms with Crippen LogP contribution in [0.5, 0.6) is 0 Å². The van der Waals surface area contributed by atoms with E-state index in [9.17, 15) is 25.0 Å². The van der Waals surface area contributed by atoms with Crippen molar-refractivity contribution in [2.75, 3.05) is 31.1 Å². The molecule has 2 heterocycles. The van der Waals surface area contributed by atoms with E-state index in [2.05, 4.69) is 9.88 Å². The Balaban J connectivity index is 1.51. The second-order valence-electron chi connectivity index (χ2n) is 6.84. The molecule has 1 saturated heterocycles. The minimum atomic E-state index is -0.504. The quantitative estimate of drug-likeness (QED) is 0.481. The molecule has 1 amide bonds. The minimum Gasteiger partial charge on any atom is -0.366 e. The summed E-state index contributed by atoms with van der Waals surface area (Å²) in [6, 6.07) is 12.1. The molecule has 4 rings (SSSR count). The van der Waals surface area contributed by atoms with Crippen LogP contribution < -0.4 is 4.90 Å². The van der Waals surface area contributed by atoms with Gasteiger partial charge < -0.3 is 9.80 Å². The van der Waals surface area contributed by atoms with E-state index in [-0.39, 0.29) is 17.3 Å². The Hall–Kier alpha value is -4.08. The number of carbonyl (C=O) groups excluding carboxylic acids is 1. The van der Waals surface area contributed by atoms with Crippen molar-refractivity contribution in [1.29, 1.82) is 0 Å². The van der Waals surface area contributed by atoms with E-state index in [4.69, 9.17) is 0 Å². The van der Waals surface area contributed by atoms with Crippen LogP contribution >= 0.6 is 0 Å². The number of rotatable bonds is 4. The predicted octanol–water partition coefficient (Wildman–Crippen LogP) is 3.01.